The van der Waals surface area contributed by atoms with E-state index in [2.05, 4.69) is 26.0 Å². The van der Waals surface area contributed by atoms with Gasteiger partial charge in [-0.25, -0.2) is 12.8 Å². The van der Waals surface area contributed by atoms with Crippen LogP contribution in [0.25, 0.3) is 0 Å². The summed E-state index contributed by atoms with van der Waals surface area (Å²) in [5.41, 5.74) is 0.782. The first kappa shape index (κ1) is 19.1. The predicted octanol–water partition coefficient (Wildman–Crippen LogP) is 4.64. The number of carbonyl (C=O) groups excluding carboxylic acids is 1. The number of hydrogen-bond donors (Lipinski definition) is 2. The van der Waals surface area contributed by atoms with Crippen molar-refractivity contribution in [3.63, 3.8) is 0 Å². The number of carbonyl (C=O) groups is 1. The van der Waals surface area contributed by atoms with Gasteiger partial charge in [-0.05, 0) is 64.5 Å². The van der Waals surface area contributed by atoms with Crippen LogP contribution in [0, 0.1) is 5.82 Å². The van der Waals surface area contributed by atoms with E-state index in [1.54, 1.807) is 36.4 Å². The SMILES string of the molecule is O=C(Nc1cccc(NS(=O)(=O)c2ccccc2)c1)c1cc(F)ccc1Br. The molecule has 8 heteroatoms. The van der Waals surface area contributed by atoms with Crippen LogP contribution in [0.4, 0.5) is 15.8 Å². The van der Waals surface area contributed by atoms with Crippen molar-refractivity contribution >= 4 is 43.2 Å². The summed E-state index contributed by atoms with van der Waals surface area (Å²) >= 11 is 3.21. The summed E-state index contributed by atoms with van der Waals surface area (Å²) < 4.78 is 41.1. The molecular formula is C19H14BrFN2O3S. The van der Waals surface area contributed by atoms with Crippen molar-refractivity contribution in [1.82, 2.24) is 0 Å². The Balaban J connectivity index is 1.80. The molecule has 0 saturated carbocycles. The molecule has 138 valence electrons. The van der Waals surface area contributed by atoms with Crippen LogP contribution in [0.1, 0.15) is 10.4 Å². The second-order valence-corrected chi connectivity index (χ2v) is 8.11. The van der Waals surface area contributed by atoms with Crippen LogP contribution >= 0.6 is 15.9 Å². The summed E-state index contributed by atoms with van der Waals surface area (Å²) in [6.07, 6.45) is 0. The highest BCUT2D eigenvalue weighted by Crippen LogP contribution is 2.22. The quantitative estimate of drug-likeness (QED) is 0.596. The minimum atomic E-state index is -3.74. The lowest BCUT2D eigenvalue weighted by Gasteiger charge is -2.11. The molecule has 2 N–H and O–H groups in total. The maximum atomic E-state index is 13.4. The molecule has 0 aliphatic heterocycles. The van der Waals surface area contributed by atoms with E-state index in [1.165, 1.54) is 30.3 Å². The number of nitrogens with one attached hydrogen (secondary N) is 2. The molecule has 0 saturated heterocycles. The predicted molar refractivity (Wildman–Crippen MR) is 106 cm³/mol. The second kappa shape index (κ2) is 7.89. The van der Waals surface area contributed by atoms with Gasteiger partial charge in [0.2, 0.25) is 0 Å². The third kappa shape index (κ3) is 4.72. The normalized spacial score (nSPS) is 11.0. The first-order valence-electron chi connectivity index (χ1n) is 7.79. The van der Waals surface area contributed by atoms with E-state index in [9.17, 15) is 17.6 Å². The lowest BCUT2D eigenvalue weighted by Crippen LogP contribution is -2.15. The summed E-state index contributed by atoms with van der Waals surface area (Å²) in [7, 11) is -3.74. The molecule has 0 radical (unpaired) electrons. The van der Waals surface area contributed by atoms with Gasteiger partial charge in [0.25, 0.3) is 15.9 Å². The fraction of sp³-hybridized carbons (Fsp3) is 0. The van der Waals surface area contributed by atoms with Gasteiger partial charge >= 0.3 is 0 Å². The third-order valence-electron chi connectivity index (χ3n) is 3.60. The fourth-order valence-corrected chi connectivity index (χ4v) is 3.84. The molecule has 0 aromatic heterocycles. The zero-order chi connectivity index (χ0) is 19.4. The molecule has 0 heterocycles. The summed E-state index contributed by atoms with van der Waals surface area (Å²) in [5, 5.41) is 2.62. The van der Waals surface area contributed by atoms with Crippen molar-refractivity contribution in [2.45, 2.75) is 4.90 Å². The molecular weight excluding hydrogens is 435 g/mol. The summed E-state index contributed by atoms with van der Waals surface area (Å²) in [6.45, 7) is 0. The lowest BCUT2D eigenvalue weighted by molar-refractivity contribution is 0.102. The van der Waals surface area contributed by atoms with Gasteiger partial charge in [-0.2, -0.15) is 0 Å². The van der Waals surface area contributed by atoms with Crippen molar-refractivity contribution in [2.75, 3.05) is 10.0 Å². The average Bonchev–Trinajstić information content (AvgIpc) is 2.64. The topological polar surface area (TPSA) is 75.3 Å². The number of amides is 1. The van der Waals surface area contributed by atoms with Crippen LogP contribution < -0.4 is 10.0 Å². The molecule has 3 aromatic rings. The van der Waals surface area contributed by atoms with Crippen LogP contribution in [-0.2, 0) is 10.0 Å². The largest absolute Gasteiger partial charge is 0.322 e. The average molecular weight is 449 g/mol. The molecule has 1 amide bonds. The van der Waals surface area contributed by atoms with Crippen LogP contribution in [-0.4, -0.2) is 14.3 Å². The first-order valence-corrected chi connectivity index (χ1v) is 10.1. The van der Waals surface area contributed by atoms with E-state index in [0.717, 1.165) is 6.07 Å². The zero-order valence-electron chi connectivity index (χ0n) is 13.8. The van der Waals surface area contributed by atoms with Gasteiger partial charge in [0.05, 0.1) is 16.1 Å². The highest BCUT2D eigenvalue weighted by molar-refractivity contribution is 9.10. The minimum absolute atomic E-state index is 0.128. The number of hydrogen-bond acceptors (Lipinski definition) is 3. The fourth-order valence-electron chi connectivity index (χ4n) is 2.34. The van der Waals surface area contributed by atoms with E-state index in [1.807, 2.05) is 0 Å². The number of anilines is 2. The Kier molecular flexibility index (Phi) is 5.57. The van der Waals surface area contributed by atoms with Gasteiger partial charge in [-0.3, -0.25) is 9.52 Å². The standard InChI is InChI=1S/C19H14BrFN2O3S/c20-18-10-9-13(21)11-17(18)19(24)22-14-5-4-6-15(12-14)23-27(25,26)16-7-2-1-3-8-16/h1-12,23H,(H,22,24). The van der Waals surface area contributed by atoms with Crippen molar-refractivity contribution in [2.24, 2.45) is 0 Å². The monoisotopic (exact) mass is 448 g/mol. The van der Waals surface area contributed by atoms with E-state index < -0.39 is 21.7 Å². The first-order chi connectivity index (χ1) is 12.8. The molecule has 0 fully saturated rings. The second-order valence-electron chi connectivity index (χ2n) is 5.58. The van der Waals surface area contributed by atoms with Crippen LogP contribution in [0.2, 0.25) is 0 Å². The Bertz CT molecular complexity index is 1090. The van der Waals surface area contributed by atoms with Gasteiger partial charge in [-0.15, -0.1) is 0 Å². The van der Waals surface area contributed by atoms with E-state index >= 15 is 0 Å². The van der Waals surface area contributed by atoms with Gasteiger partial charge in [0.1, 0.15) is 5.82 Å². The highest BCUT2D eigenvalue weighted by atomic mass is 79.9. The van der Waals surface area contributed by atoms with Crippen molar-refractivity contribution in [3.8, 4) is 0 Å². The molecule has 27 heavy (non-hydrogen) atoms. The van der Waals surface area contributed by atoms with Crippen molar-refractivity contribution < 1.29 is 17.6 Å². The Morgan fingerprint density at radius 1 is 0.889 bits per heavy atom. The Labute approximate surface area is 164 Å². The molecule has 3 aromatic carbocycles. The van der Waals surface area contributed by atoms with Crippen LogP contribution in [0.3, 0.4) is 0 Å². The van der Waals surface area contributed by atoms with Gasteiger partial charge in [0.15, 0.2) is 0 Å². The lowest BCUT2D eigenvalue weighted by atomic mass is 10.2. The third-order valence-corrected chi connectivity index (χ3v) is 5.69. The zero-order valence-corrected chi connectivity index (χ0v) is 16.2. The molecule has 3 rings (SSSR count). The molecule has 0 aliphatic carbocycles. The van der Waals surface area contributed by atoms with Gasteiger partial charge < -0.3 is 5.32 Å². The maximum absolute atomic E-state index is 13.4. The highest BCUT2D eigenvalue weighted by Gasteiger charge is 2.15. The Morgan fingerprint density at radius 3 is 2.33 bits per heavy atom. The van der Waals surface area contributed by atoms with E-state index in [0.29, 0.717) is 10.2 Å². The smallest absolute Gasteiger partial charge is 0.261 e. The minimum Gasteiger partial charge on any atom is -0.322 e. The number of benzene rings is 3. The molecule has 0 atom stereocenters. The molecule has 0 unspecified atom stereocenters. The van der Waals surface area contributed by atoms with Crippen molar-refractivity contribution in [3.05, 3.63) is 88.6 Å². The molecule has 0 aliphatic rings. The number of sulfonamides is 1. The number of rotatable bonds is 5. The summed E-state index contributed by atoms with van der Waals surface area (Å²) in [6, 6.07) is 18.0. The maximum Gasteiger partial charge on any atom is 0.261 e. The summed E-state index contributed by atoms with van der Waals surface area (Å²) in [5.74, 6) is -1.06. The molecule has 5 nitrogen and oxygen atoms in total. The van der Waals surface area contributed by atoms with Gasteiger partial charge in [-0.1, -0.05) is 24.3 Å². The molecule has 0 bridgehead atoms. The molecule has 0 spiro atoms. The van der Waals surface area contributed by atoms with E-state index in [-0.39, 0.29) is 16.1 Å². The van der Waals surface area contributed by atoms with Crippen LogP contribution in [0.5, 0.6) is 0 Å². The van der Waals surface area contributed by atoms with Crippen LogP contribution in [0.15, 0.2) is 82.2 Å². The summed E-state index contributed by atoms with van der Waals surface area (Å²) in [4.78, 5) is 12.5. The number of halogens is 2. The Hall–Kier alpha value is -2.71. The Morgan fingerprint density at radius 2 is 1.59 bits per heavy atom. The van der Waals surface area contributed by atoms with Crippen molar-refractivity contribution in [1.29, 1.82) is 0 Å². The van der Waals surface area contributed by atoms with E-state index in [4.69, 9.17) is 0 Å². The van der Waals surface area contributed by atoms with Gasteiger partial charge in [0, 0.05) is 10.2 Å².